The van der Waals surface area contributed by atoms with Crippen LogP contribution < -0.4 is 4.90 Å². The van der Waals surface area contributed by atoms with E-state index in [2.05, 4.69) is 9.98 Å². The number of benzene rings is 1. The van der Waals surface area contributed by atoms with Crippen LogP contribution in [0.4, 0.5) is 11.5 Å². The third-order valence-electron chi connectivity index (χ3n) is 2.57. The van der Waals surface area contributed by atoms with Crippen molar-refractivity contribution < 1.29 is 0 Å². The van der Waals surface area contributed by atoms with Gasteiger partial charge in [0.15, 0.2) is 0 Å². The van der Waals surface area contributed by atoms with Crippen molar-refractivity contribution in [2.75, 3.05) is 33.1 Å². The van der Waals surface area contributed by atoms with Crippen molar-refractivity contribution in [2.24, 2.45) is 4.99 Å². The summed E-state index contributed by atoms with van der Waals surface area (Å²) in [6, 6.07) is 10.1. The van der Waals surface area contributed by atoms with Crippen LogP contribution in [0.1, 0.15) is 0 Å². The molecule has 0 saturated heterocycles. The number of para-hydroxylation sites is 1. The van der Waals surface area contributed by atoms with E-state index in [-0.39, 0.29) is 0 Å². The molecule has 0 atom stereocenters. The molecule has 18 heavy (non-hydrogen) atoms. The van der Waals surface area contributed by atoms with Gasteiger partial charge in [-0.1, -0.05) is 18.2 Å². The number of fused-ring (bicyclic) bond motifs is 1. The number of hydrogen-bond acceptors (Lipinski definition) is 3. The van der Waals surface area contributed by atoms with Crippen LogP contribution in [0.25, 0.3) is 10.9 Å². The molecule has 4 heteroatoms. The number of nitrogens with zero attached hydrogens (tertiary/aromatic N) is 4. The Balaban J connectivity index is 2.61. The molecule has 1 aromatic carbocycles. The van der Waals surface area contributed by atoms with Crippen LogP contribution >= 0.6 is 0 Å². The predicted molar refractivity (Wildman–Crippen MR) is 77.9 cm³/mol. The van der Waals surface area contributed by atoms with Crippen molar-refractivity contribution >= 4 is 28.7 Å². The lowest BCUT2D eigenvalue weighted by Crippen LogP contribution is -2.10. The Bertz CT molecular complexity index is 573. The van der Waals surface area contributed by atoms with E-state index in [9.17, 15) is 0 Å². The van der Waals surface area contributed by atoms with Crippen molar-refractivity contribution in [1.82, 2.24) is 9.88 Å². The van der Waals surface area contributed by atoms with Crippen LogP contribution in [0, 0.1) is 0 Å². The standard InChI is InChI=1S/C14H18N4/c1-17(2)10-15-13-9-14(18(3)4)16-12-8-6-5-7-11(12)13/h5-10H,1-4H3. The maximum atomic E-state index is 4.60. The molecule has 1 aromatic heterocycles. The highest BCUT2D eigenvalue weighted by atomic mass is 15.1. The fraction of sp³-hybridized carbons (Fsp3) is 0.286. The minimum Gasteiger partial charge on any atom is -0.369 e. The lowest BCUT2D eigenvalue weighted by atomic mass is 10.2. The minimum absolute atomic E-state index is 0.916. The summed E-state index contributed by atoms with van der Waals surface area (Å²) >= 11 is 0. The summed E-state index contributed by atoms with van der Waals surface area (Å²) in [5.41, 5.74) is 1.91. The summed E-state index contributed by atoms with van der Waals surface area (Å²) in [6.45, 7) is 0. The average molecular weight is 242 g/mol. The Labute approximate surface area is 108 Å². The van der Waals surface area contributed by atoms with Gasteiger partial charge in [-0.15, -0.1) is 0 Å². The quantitative estimate of drug-likeness (QED) is 0.612. The highest BCUT2D eigenvalue weighted by molar-refractivity contribution is 5.92. The van der Waals surface area contributed by atoms with Gasteiger partial charge in [-0.25, -0.2) is 9.98 Å². The highest BCUT2D eigenvalue weighted by Crippen LogP contribution is 2.28. The lowest BCUT2D eigenvalue weighted by molar-refractivity contribution is 0.643. The first-order chi connectivity index (χ1) is 8.58. The molecule has 4 nitrogen and oxygen atoms in total. The molecule has 1 heterocycles. The van der Waals surface area contributed by atoms with Crippen molar-refractivity contribution in [1.29, 1.82) is 0 Å². The second kappa shape index (κ2) is 5.04. The van der Waals surface area contributed by atoms with Gasteiger partial charge in [0.05, 0.1) is 17.5 Å². The van der Waals surface area contributed by atoms with E-state index in [4.69, 9.17) is 0 Å². The second-order valence-electron chi connectivity index (χ2n) is 4.62. The van der Waals surface area contributed by atoms with Crippen LogP contribution in [0.3, 0.4) is 0 Å². The van der Waals surface area contributed by atoms with E-state index in [1.807, 2.05) is 68.3 Å². The van der Waals surface area contributed by atoms with Crippen LogP contribution in [-0.2, 0) is 0 Å². The number of hydrogen-bond donors (Lipinski definition) is 0. The summed E-state index contributed by atoms with van der Waals surface area (Å²) < 4.78 is 0. The zero-order chi connectivity index (χ0) is 13.1. The van der Waals surface area contributed by atoms with Crippen LogP contribution in [-0.4, -0.2) is 44.4 Å². The Morgan fingerprint density at radius 2 is 1.83 bits per heavy atom. The lowest BCUT2D eigenvalue weighted by Gasteiger charge is -2.13. The largest absolute Gasteiger partial charge is 0.369 e. The van der Waals surface area contributed by atoms with E-state index in [1.165, 1.54) is 0 Å². The number of rotatable bonds is 3. The molecule has 0 unspecified atom stereocenters. The Kier molecular flexibility index (Phi) is 3.46. The summed E-state index contributed by atoms with van der Waals surface area (Å²) in [5.74, 6) is 0.916. The van der Waals surface area contributed by atoms with Gasteiger partial charge in [-0.2, -0.15) is 0 Å². The van der Waals surface area contributed by atoms with Gasteiger partial charge < -0.3 is 9.80 Å². The number of pyridine rings is 1. The molecule has 0 aliphatic heterocycles. The van der Waals surface area contributed by atoms with Gasteiger partial charge in [-0.05, 0) is 6.07 Å². The van der Waals surface area contributed by atoms with Crippen molar-refractivity contribution in [2.45, 2.75) is 0 Å². The van der Waals surface area contributed by atoms with Crippen molar-refractivity contribution in [3.05, 3.63) is 30.3 Å². The van der Waals surface area contributed by atoms with E-state index in [0.717, 1.165) is 22.4 Å². The molecular weight excluding hydrogens is 224 g/mol. The first-order valence-electron chi connectivity index (χ1n) is 5.85. The van der Waals surface area contributed by atoms with Gasteiger partial charge in [0, 0.05) is 39.6 Å². The SMILES string of the molecule is CN(C)C=Nc1cc(N(C)C)nc2ccccc12. The summed E-state index contributed by atoms with van der Waals surface area (Å²) in [7, 11) is 7.88. The minimum atomic E-state index is 0.916. The van der Waals surface area contributed by atoms with Gasteiger partial charge in [0.1, 0.15) is 5.82 Å². The zero-order valence-corrected chi connectivity index (χ0v) is 11.3. The molecule has 2 rings (SSSR count). The Hall–Kier alpha value is -2.10. The normalized spacial score (nSPS) is 11.1. The third-order valence-corrected chi connectivity index (χ3v) is 2.57. The topological polar surface area (TPSA) is 31.7 Å². The molecule has 94 valence electrons. The van der Waals surface area contributed by atoms with Gasteiger partial charge >= 0.3 is 0 Å². The second-order valence-corrected chi connectivity index (χ2v) is 4.62. The number of anilines is 1. The van der Waals surface area contributed by atoms with Crippen molar-refractivity contribution in [3.63, 3.8) is 0 Å². The van der Waals surface area contributed by atoms with Gasteiger partial charge in [0.2, 0.25) is 0 Å². The molecule has 0 aliphatic rings. The molecule has 0 fully saturated rings. The third kappa shape index (κ3) is 2.59. The average Bonchev–Trinajstić information content (AvgIpc) is 2.35. The number of aliphatic imine (C=N–C) groups is 1. The van der Waals surface area contributed by atoms with Crippen LogP contribution in [0.2, 0.25) is 0 Å². The predicted octanol–water partition coefficient (Wildman–Crippen LogP) is 2.52. The molecular formula is C14H18N4. The van der Waals surface area contributed by atoms with E-state index in [0.29, 0.717) is 0 Å². The maximum absolute atomic E-state index is 4.60. The molecule has 2 aromatic rings. The molecule has 0 bridgehead atoms. The molecule has 0 N–H and O–H groups in total. The van der Waals surface area contributed by atoms with Crippen LogP contribution in [0.15, 0.2) is 35.3 Å². The Morgan fingerprint density at radius 3 is 2.50 bits per heavy atom. The fourth-order valence-electron chi connectivity index (χ4n) is 1.66. The molecule has 0 saturated carbocycles. The summed E-state index contributed by atoms with van der Waals surface area (Å²) in [5, 5.41) is 1.07. The molecule has 0 spiro atoms. The van der Waals surface area contributed by atoms with Crippen LogP contribution in [0.5, 0.6) is 0 Å². The van der Waals surface area contributed by atoms with Gasteiger partial charge in [-0.3, -0.25) is 0 Å². The smallest absolute Gasteiger partial charge is 0.130 e. The first-order valence-corrected chi connectivity index (χ1v) is 5.85. The number of aromatic nitrogens is 1. The molecule has 0 aliphatic carbocycles. The summed E-state index contributed by atoms with van der Waals surface area (Å²) in [4.78, 5) is 13.0. The first kappa shape index (κ1) is 12.4. The van der Waals surface area contributed by atoms with E-state index in [1.54, 1.807) is 6.34 Å². The maximum Gasteiger partial charge on any atom is 0.130 e. The fourth-order valence-corrected chi connectivity index (χ4v) is 1.66. The summed E-state index contributed by atoms with van der Waals surface area (Å²) in [6.07, 6.45) is 1.81. The molecule has 0 radical (unpaired) electrons. The zero-order valence-electron chi connectivity index (χ0n) is 11.3. The Morgan fingerprint density at radius 1 is 1.11 bits per heavy atom. The van der Waals surface area contributed by atoms with Crippen molar-refractivity contribution in [3.8, 4) is 0 Å². The van der Waals surface area contributed by atoms with E-state index >= 15 is 0 Å². The monoisotopic (exact) mass is 242 g/mol. The van der Waals surface area contributed by atoms with Gasteiger partial charge in [0.25, 0.3) is 0 Å². The molecule has 0 amide bonds. The van der Waals surface area contributed by atoms with E-state index < -0.39 is 0 Å². The highest BCUT2D eigenvalue weighted by Gasteiger charge is 2.05.